The fourth-order valence-corrected chi connectivity index (χ4v) is 14.0. The summed E-state index contributed by atoms with van der Waals surface area (Å²) in [4.78, 5) is 73.0. The molecule has 0 rings (SSSR count). The maximum Gasteiger partial charge on any atom is 0.472 e. The van der Waals surface area contributed by atoms with Gasteiger partial charge in [0, 0.05) is 25.7 Å². The van der Waals surface area contributed by atoms with Gasteiger partial charge in [0.15, 0.2) is 12.2 Å². The summed E-state index contributed by atoms with van der Waals surface area (Å²) in [6.45, 7) is 14.2. The molecule has 100 heavy (non-hydrogen) atoms. The number of esters is 4. The number of aliphatic hydroxyl groups excluding tert-OH is 1. The molecule has 3 N–H and O–H groups in total. The first-order valence-electron chi connectivity index (χ1n) is 41.7. The number of phosphoric ester groups is 2. The molecule has 0 saturated carbocycles. The van der Waals surface area contributed by atoms with Gasteiger partial charge in [-0.3, -0.25) is 37.3 Å². The zero-order valence-corrected chi connectivity index (χ0v) is 67.6. The Morgan fingerprint density at radius 3 is 0.620 bits per heavy atom. The van der Waals surface area contributed by atoms with Crippen LogP contribution in [0.1, 0.15) is 415 Å². The second-order valence-corrected chi connectivity index (χ2v) is 34.0. The molecule has 3 unspecified atom stereocenters. The minimum absolute atomic E-state index is 0.105. The summed E-state index contributed by atoms with van der Waals surface area (Å²) in [5, 5.41) is 10.6. The minimum Gasteiger partial charge on any atom is -0.462 e. The van der Waals surface area contributed by atoms with E-state index in [9.17, 15) is 43.2 Å². The van der Waals surface area contributed by atoms with Gasteiger partial charge in [0.25, 0.3) is 0 Å². The van der Waals surface area contributed by atoms with E-state index >= 15 is 0 Å². The number of carbonyl (C=O) groups excluding carboxylic acids is 4. The summed E-state index contributed by atoms with van der Waals surface area (Å²) in [6.07, 6.45) is 57.1. The first-order chi connectivity index (χ1) is 48.1. The van der Waals surface area contributed by atoms with Crippen LogP contribution in [0, 0.1) is 23.7 Å². The molecule has 0 aliphatic rings. The number of aliphatic hydroxyl groups is 1. The fourth-order valence-electron chi connectivity index (χ4n) is 12.4. The quantitative estimate of drug-likeness (QED) is 0.0222. The van der Waals surface area contributed by atoms with E-state index in [1.807, 2.05) is 0 Å². The molecule has 0 aromatic heterocycles. The Kier molecular flexibility index (Phi) is 68.7. The highest BCUT2D eigenvalue weighted by atomic mass is 31.2. The molecule has 5 atom stereocenters. The average molecular weight is 1470 g/mol. The van der Waals surface area contributed by atoms with E-state index in [1.165, 1.54) is 212 Å². The lowest BCUT2D eigenvalue weighted by Gasteiger charge is -2.21. The van der Waals surface area contributed by atoms with Gasteiger partial charge in [-0.15, -0.1) is 0 Å². The van der Waals surface area contributed by atoms with Gasteiger partial charge >= 0.3 is 39.5 Å². The summed E-state index contributed by atoms with van der Waals surface area (Å²) in [5.74, 6) is 0.945. The van der Waals surface area contributed by atoms with E-state index in [1.54, 1.807) is 0 Å². The third-order valence-electron chi connectivity index (χ3n) is 18.8. The van der Waals surface area contributed by atoms with Gasteiger partial charge in [-0.2, -0.15) is 0 Å². The molecular weight excluding hydrogens is 1310 g/mol. The zero-order chi connectivity index (χ0) is 73.8. The Morgan fingerprint density at radius 1 is 0.250 bits per heavy atom. The number of unbranched alkanes of at least 4 members (excludes halogenated alkanes) is 44. The molecule has 0 aliphatic carbocycles. The number of rotatable bonds is 78. The molecule has 0 amide bonds. The topological polar surface area (TPSA) is 237 Å². The first kappa shape index (κ1) is 98.1. The van der Waals surface area contributed by atoms with Gasteiger partial charge in [0.05, 0.1) is 26.4 Å². The molecule has 0 aromatic carbocycles. The summed E-state index contributed by atoms with van der Waals surface area (Å²) in [5.41, 5.74) is 0. The molecular formula is C81H158O17P2. The highest BCUT2D eigenvalue weighted by molar-refractivity contribution is 7.47. The molecule has 0 bridgehead atoms. The molecule has 0 aliphatic heterocycles. The van der Waals surface area contributed by atoms with Crippen molar-refractivity contribution in [3.05, 3.63) is 0 Å². The van der Waals surface area contributed by atoms with Crippen molar-refractivity contribution in [1.29, 1.82) is 0 Å². The van der Waals surface area contributed by atoms with Crippen LogP contribution in [0.25, 0.3) is 0 Å². The van der Waals surface area contributed by atoms with Crippen molar-refractivity contribution in [3.63, 3.8) is 0 Å². The van der Waals surface area contributed by atoms with Crippen molar-refractivity contribution >= 4 is 39.5 Å². The maximum absolute atomic E-state index is 13.1. The number of hydrogen-bond donors (Lipinski definition) is 3. The average Bonchev–Trinajstić information content (AvgIpc) is 1.00. The van der Waals surface area contributed by atoms with E-state index in [-0.39, 0.29) is 25.7 Å². The molecule has 0 spiro atoms. The van der Waals surface area contributed by atoms with Gasteiger partial charge < -0.3 is 33.8 Å². The monoisotopic (exact) mass is 1470 g/mol. The second kappa shape index (κ2) is 70.1. The summed E-state index contributed by atoms with van der Waals surface area (Å²) < 4.78 is 68.7. The lowest BCUT2D eigenvalue weighted by Crippen LogP contribution is -2.30. The largest absolute Gasteiger partial charge is 0.472 e. The van der Waals surface area contributed by atoms with Gasteiger partial charge in [0.2, 0.25) is 0 Å². The minimum atomic E-state index is -4.96. The highest BCUT2D eigenvalue weighted by Crippen LogP contribution is 2.45. The highest BCUT2D eigenvalue weighted by Gasteiger charge is 2.30. The summed E-state index contributed by atoms with van der Waals surface area (Å²) >= 11 is 0. The molecule has 0 radical (unpaired) electrons. The number of hydrogen-bond acceptors (Lipinski definition) is 15. The van der Waals surface area contributed by atoms with Crippen LogP contribution >= 0.6 is 15.6 Å². The Bertz CT molecular complexity index is 1950. The van der Waals surface area contributed by atoms with E-state index in [0.717, 1.165) is 114 Å². The molecule has 594 valence electrons. The third kappa shape index (κ3) is 74.3. The van der Waals surface area contributed by atoms with E-state index in [2.05, 4.69) is 55.4 Å². The van der Waals surface area contributed by atoms with Crippen LogP contribution in [0.2, 0.25) is 0 Å². The summed E-state index contributed by atoms with van der Waals surface area (Å²) in [7, 11) is -9.92. The smallest absolute Gasteiger partial charge is 0.462 e. The lowest BCUT2D eigenvalue weighted by molar-refractivity contribution is -0.161. The number of phosphoric acid groups is 2. The Labute approximate surface area is 613 Å². The lowest BCUT2D eigenvalue weighted by atomic mass is 10.0. The second-order valence-electron chi connectivity index (χ2n) is 31.1. The maximum atomic E-state index is 13.1. The van der Waals surface area contributed by atoms with E-state index in [4.69, 9.17) is 37.0 Å². The van der Waals surface area contributed by atoms with Gasteiger partial charge in [-0.05, 0) is 49.4 Å². The van der Waals surface area contributed by atoms with Crippen molar-refractivity contribution in [2.24, 2.45) is 23.7 Å². The van der Waals surface area contributed by atoms with Crippen LogP contribution < -0.4 is 0 Å². The first-order valence-corrected chi connectivity index (χ1v) is 44.7. The van der Waals surface area contributed by atoms with E-state index < -0.39 is 97.5 Å². The van der Waals surface area contributed by atoms with Crippen molar-refractivity contribution in [2.75, 3.05) is 39.6 Å². The van der Waals surface area contributed by atoms with Crippen molar-refractivity contribution < 1.29 is 80.2 Å². The van der Waals surface area contributed by atoms with Gasteiger partial charge in [-0.25, -0.2) is 9.13 Å². The zero-order valence-electron chi connectivity index (χ0n) is 65.8. The van der Waals surface area contributed by atoms with E-state index in [0.29, 0.717) is 31.6 Å². The van der Waals surface area contributed by atoms with Crippen LogP contribution in [-0.2, 0) is 65.4 Å². The van der Waals surface area contributed by atoms with Crippen LogP contribution in [-0.4, -0.2) is 96.7 Å². The predicted molar refractivity (Wildman–Crippen MR) is 409 cm³/mol. The van der Waals surface area contributed by atoms with Gasteiger partial charge in [0.1, 0.15) is 19.3 Å². The van der Waals surface area contributed by atoms with Crippen LogP contribution in [0.3, 0.4) is 0 Å². The van der Waals surface area contributed by atoms with Crippen molar-refractivity contribution in [3.8, 4) is 0 Å². The molecule has 0 heterocycles. The van der Waals surface area contributed by atoms with Crippen LogP contribution in [0.4, 0.5) is 0 Å². The Balaban J connectivity index is 5.18. The molecule has 0 fully saturated rings. The normalized spacial score (nSPS) is 14.0. The standard InChI is InChI=1S/C81H158O17P2/c1-71(2)57-49-41-33-26-21-17-13-11-9-10-12-14-20-24-30-38-47-55-63-80(85)97-77(68-92-79(84)62-54-46-40-32-36-44-52-60-74(7)8)70-96-100(89,90)94-66-75(82)65-93-99(87,88)95-69-76(98-81(86)64-56-48-39-31-25-28-35-43-51-59-73(5)6)67-91-78(83)61-53-45-37-29-23-19-16-15-18-22-27-34-42-50-58-72(3)4/h71-77,82H,9-70H2,1-8H3,(H,87,88)(H,89,90)/t75?,76-,77-/m1/s1. The fraction of sp³-hybridized carbons (Fsp3) is 0.951. The number of ether oxygens (including phenoxy) is 4. The van der Waals surface area contributed by atoms with Gasteiger partial charge in [-0.1, -0.05) is 364 Å². The molecule has 19 heteroatoms. The van der Waals surface area contributed by atoms with Crippen molar-refractivity contribution in [2.45, 2.75) is 433 Å². The molecule has 0 aromatic rings. The predicted octanol–water partition coefficient (Wildman–Crippen LogP) is 24.0. The Hall–Kier alpha value is -1.94. The Morgan fingerprint density at radius 2 is 0.420 bits per heavy atom. The summed E-state index contributed by atoms with van der Waals surface area (Å²) in [6, 6.07) is 0. The van der Waals surface area contributed by atoms with Crippen LogP contribution in [0.15, 0.2) is 0 Å². The number of carbonyl (C=O) groups is 4. The SMILES string of the molecule is CC(C)CCCCCCCCCCCCCCCCCCCCC(=O)O[C@H](COC(=O)CCCCCCCCCC(C)C)COP(=O)(O)OCC(O)COP(=O)(O)OC[C@@H](COC(=O)CCCCCCCCCCCCCCCCC(C)C)OC(=O)CCCCCCCCCCCC(C)C. The molecule has 0 saturated heterocycles. The van der Waals surface area contributed by atoms with Crippen molar-refractivity contribution in [1.82, 2.24) is 0 Å². The molecule has 17 nitrogen and oxygen atoms in total. The third-order valence-corrected chi connectivity index (χ3v) is 20.7. The van der Waals surface area contributed by atoms with Crippen LogP contribution in [0.5, 0.6) is 0 Å².